The zero-order valence-corrected chi connectivity index (χ0v) is 14.9. The minimum absolute atomic E-state index is 0.278. The van der Waals surface area contributed by atoms with Crippen molar-refractivity contribution >= 4 is 12.1 Å². The molecule has 1 amide bonds. The Morgan fingerprint density at radius 2 is 1.88 bits per heavy atom. The van der Waals surface area contributed by atoms with Crippen LogP contribution < -0.4 is 14.9 Å². The van der Waals surface area contributed by atoms with Gasteiger partial charge >= 0.3 is 0 Å². The highest BCUT2D eigenvalue weighted by Crippen LogP contribution is 2.15. The van der Waals surface area contributed by atoms with Crippen molar-refractivity contribution in [3.63, 3.8) is 0 Å². The van der Waals surface area contributed by atoms with E-state index >= 15 is 0 Å². The molecule has 0 unspecified atom stereocenters. The predicted octanol–water partition coefficient (Wildman–Crippen LogP) is 3.88. The number of ether oxygens (including phenoxy) is 2. The lowest BCUT2D eigenvalue weighted by Crippen LogP contribution is -2.17. The highest BCUT2D eigenvalue weighted by atomic mass is 16.5. The maximum atomic E-state index is 12.1. The first-order valence-corrected chi connectivity index (χ1v) is 8.29. The third kappa shape index (κ3) is 5.95. The zero-order chi connectivity index (χ0) is 18.1. The molecule has 0 bridgehead atoms. The number of benzene rings is 2. The molecule has 0 aliphatic carbocycles. The number of nitrogens with zero attached hydrogens (tertiary/aromatic N) is 1. The van der Waals surface area contributed by atoms with Crippen LogP contribution in [0.1, 0.15) is 36.2 Å². The summed E-state index contributed by atoms with van der Waals surface area (Å²) < 4.78 is 10.9. The molecule has 2 aromatic carbocycles. The Balaban J connectivity index is 1.89. The maximum absolute atomic E-state index is 12.1. The zero-order valence-electron chi connectivity index (χ0n) is 14.9. The number of hydrazone groups is 1. The van der Waals surface area contributed by atoms with E-state index in [-0.39, 0.29) is 5.91 Å². The number of amides is 1. The van der Waals surface area contributed by atoms with Gasteiger partial charge in [0.05, 0.1) is 19.9 Å². The fourth-order valence-electron chi connectivity index (χ4n) is 2.11. The molecule has 5 nitrogen and oxygen atoms in total. The molecule has 0 heterocycles. The molecule has 0 aromatic heterocycles. The minimum Gasteiger partial charge on any atom is -0.496 e. The molecule has 2 rings (SSSR count). The first-order chi connectivity index (χ1) is 12.1. The summed E-state index contributed by atoms with van der Waals surface area (Å²) in [6.07, 6.45) is 2.56. The highest BCUT2D eigenvalue weighted by Gasteiger charge is 2.05. The van der Waals surface area contributed by atoms with Crippen molar-refractivity contribution in [3.05, 3.63) is 59.7 Å². The van der Waals surface area contributed by atoms with Crippen LogP contribution in [0.4, 0.5) is 0 Å². The lowest BCUT2D eigenvalue weighted by molar-refractivity contribution is 0.0955. The molecule has 0 atom stereocenters. The second kappa shape index (κ2) is 9.47. The molecule has 2 aromatic rings. The summed E-state index contributed by atoms with van der Waals surface area (Å²) in [6.45, 7) is 4.98. The van der Waals surface area contributed by atoms with Crippen LogP contribution in [0.25, 0.3) is 0 Å². The summed E-state index contributed by atoms with van der Waals surface area (Å²) in [6, 6.07) is 14.5. The monoisotopic (exact) mass is 340 g/mol. The summed E-state index contributed by atoms with van der Waals surface area (Å²) in [5, 5.41) is 3.98. The van der Waals surface area contributed by atoms with Crippen LogP contribution in [0, 0.1) is 5.92 Å². The number of para-hydroxylation sites is 1. The smallest absolute Gasteiger partial charge is 0.271 e. The Morgan fingerprint density at radius 1 is 1.16 bits per heavy atom. The van der Waals surface area contributed by atoms with E-state index in [1.54, 1.807) is 37.6 Å². The van der Waals surface area contributed by atoms with Crippen LogP contribution in [0.15, 0.2) is 53.6 Å². The lowest BCUT2D eigenvalue weighted by atomic mass is 10.1. The van der Waals surface area contributed by atoms with E-state index in [4.69, 9.17) is 9.47 Å². The lowest BCUT2D eigenvalue weighted by Gasteiger charge is -2.08. The minimum atomic E-state index is -0.278. The molecule has 5 heteroatoms. The van der Waals surface area contributed by atoms with Crippen molar-refractivity contribution in [3.8, 4) is 11.5 Å². The van der Waals surface area contributed by atoms with Crippen LogP contribution in [-0.2, 0) is 0 Å². The van der Waals surface area contributed by atoms with Crippen molar-refractivity contribution in [2.75, 3.05) is 13.7 Å². The second-order valence-corrected chi connectivity index (χ2v) is 6.00. The summed E-state index contributed by atoms with van der Waals surface area (Å²) in [7, 11) is 1.59. The highest BCUT2D eigenvalue weighted by molar-refractivity contribution is 5.95. The van der Waals surface area contributed by atoms with Gasteiger partial charge in [-0.3, -0.25) is 4.79 Å². The molecule has 132 valence electrons. The van der Waals surface area contributed by atoms with E-state index in [0.29, 0.717) is 23.8 Å². The van der Waals surface area contributed by atoms with E-state index in [2.05, 4.69) is 24.4 Å². The second-order valence-electron chi connectivity index (χ2n) is 6.00. The van der Waals surface area contributed by atoms with Gasteiger partial charge in [-0.25, -0.2) is 5.43 Å². The van der Waals surface area contributed by atoms with Gasteiger partial charge in [0.2, 0.25) is 0 Å². The number of hydrogen-bond donors (Lipinski definition) is 1. The van der Waals surface area contributed by atoms with Crippen molar-refractivity contribution in [2.24, 2.45) is 11.0 Å². The first kappa shape index (κ1) is 18.5. The number of nitrogens with one attached hydrogen (secondary N) is 1. The van der Waals surface area contributed by atoms with E-state index in [9.17, 15) is 4.79 Å². The van der Waals surface area contributed by atoms with Gasteiger partial charge in [0.1, 0.15) is 11.5 Å². The average molecular weight is 340 g/mol. The standard InChI is InChI=1S/C20H24N2O3/c1-15(2)12-13-25-18-10-8-16(9-11-18)20(23)22-21-14-17-6-4-5-7-19(17)24-3/h4-11,14-15H,12-13H2,1-3H3,(H,22,23)/b21-14+. The van der Waals surface area contributed by atoms with E-state index in [0.717, 1.165) is 17.7 Å². The predicted molar refractivity (Wildman–Crippen MR) is 99.4 cm³/mol. The van der Waals surface area contributed by atoms with Gasteiger partial charge in [-0.2, -0.15) is 5.10 Å². The number of methoxy groups -OCH3 is 1. The molecule has 0 saturated carbocycles. The summed E-state index contributed by atoms with van der Waals surface area (Å²) in [5.74, 6) is 1.78. The fraction of sp³-hybridized carbons (Fsp3) is 0.300. The molecule has 25 heavy (non-hydrogen) atoms. The third-order valence-electron chi connectivity index (χ3n) is 3.59. The van der Waals surface area contributed by atoms with Gasteiger partial charge in [0, 0.05) is 11.1 Å². The molecule has 0 fully saturated rings. The number of rotatable bonds is 8. The van der Waals surface area contributed by atoms with Crippen LogP contribution in [0.5, 0.6) is 11.5 Å². The van der Waals surface area contributed by atoms with E-state index in [1.165, 1.54) is 0 Å². The third-order valence-corrected chi connectivity index (χ3v) is 3.59. The van der Waals surface area contributed by atoms with Crippen LogP contribution in [0.3, 0.4) is 0 Å². The number of carbonyl (C=O) groups excluding carboxylic acids is 1. The quantitative estimate of drug-likeness (QED) is 0.586. The molecular formula is C20H24N2O3. The van der Waals surface area contributed by atoms with Crippen LogP contribution in [0.2, 0.25) is 0 Å². The molecular weight excluding hydrogens is 316 g/mol. The molecule has 1 N–H and O–H groups in total. The van der Waals surface area contributed by atoms with Crippen molar-refractivity contribution in [1.82, 2.24) is 5.43 Å². The largest absolute Gasteiger partial charge is 0.496 e. The van der Waals surface area contributed by atoms with Crippen LogP contribution >= 0.6 is 0 Å². The first-order valence-electron chi connectivity index (χ1n) is 8.29. The molecule has 0 aliphatic heterocycles. The van der Waals surface area contributed by atoms with Gasteiger partial charge in [-0.15, -0.1) is 0 Å². The summed E-state index contributed by atoms with van der Waals surface area (Å²) >= 11 is 0. The Kier molecular flexibility index (Phi) is 7.01. The summed E-state index contributed by atoms with van der Waals surface area (Å²) in [4.78, 5) is 12.1. The van der Waals surface area contributed by atoms with Crippen molar-refractivity contribution in [2.45, 2.75) is 20.3 Å². The maximum Gasteiger partial charge on any atom is 0.271 e. The van der Waals surface area contributed by atoms with E-state index < -0.39 is 0 Å². The number of hydrogen-bond acceptors (Lipinski definition) is 4. The van der Waals surface area contributed by atoms with Gasteiger partial charge in [-0.05, 0) is 48.7 Å². The van der Waals surface area contributed by atoms with Crippen molar-refractivity contribution < 1.29 is 14.3 Å². The van der Waals surface area contributed by atoms with Crippen molar-refractivity contribution in [1.29, 1.82) is 0 Å². The topological polar surface area (TPSA) is 59.9 Å². The normalized spacial score (nSPS) is 10.9. The fourth-order valence-corrected chi connectivity index (χ4v) is 2.11. The summed E-state index contributed by atoms with van der Waals surface area (Å²) in [5.41, 5.74) is 3.82. The average Bonchev–Trinajstić information content (AvgIpc) is 2.62. The molecule has 0 radical (unpaired) electrons. The molecule has 0 spiro atoms. The number of carbonyl (C=O) groups is 1. The molecule has 0 aliphatic rings. The molecule has 0 saturated heterocycles. The van der Waals surface area contributed by atoms with Gasteiger partial charge in [-0.1, -0.05) is 26.0 Å². The van der Waals surface area contributed by atoms with Crippen LogP contribution in [-0.4, -0.2) is 25.8 Å². The Bertz CT molecular complexity index is 709. The van der Waals surface area contributed by atoms with E-state index in [1.807, 2.05) is 24.3 Å². The SMILES string of the molecule is COc1ccccc1/C=N/NC(=O)c1ccc(OCCC(C)C)cc1. The Labute approximate surface area is 148 Å². The van der Waals surface area contributed by atoms with Gasteiger partial charge < -0.3 is 9.47 Å². The Hall–Kier alpha value is -2.82. The van der Waals surface area contributed by atoms with Gasteiger partial charge in [0.25, 0.3) is 5.91 Å². The Morgan fingerprint density at radius 3 is 2.56 bits per heavy atom. The van der Waals surface area contributed by atoms with Gasteiger partial charge in [0.15, 0.2) is 0 Å².